The van der Waals surface area contributed by atoms with Crippen molar-refractivity contribution in [2.75, 3.05) is 0 Å². The molecule has 0 aliphatic carbocycles. The fourth-order valence-electron chi connectivity index (χ4n) is 2.22. The second kappa shape index (κ2) is 8.33. The Morgan fingerprint density at radius 2 is 1.88 bits per heavy atom. The third kappa shape index (κ3) is 4.83. The van der Waals surface area contributed by atoms with Crippen LogP contribution in [0.3, 0.4) is 0 Å². The molecule has 1 aromatic carbocycles. The summed E-state index contributed by atoms with van der Waals surface area (Å²) in [5, 5.41) is 12.4. The fourth-order valence-corrected chi connectivity index (χ4v) is 3.05. The first-order chi connectivity index (χ1) is 12.2. The van der Waals surface area contributed by atoms with Gasteiger partial charge in [0.05, 0.1) is 17.0 Å². The van der Waals surface area contributed by atoms with Crippen LogP contribution in [0.15, 0.2) is 41.6 Å². The number of benzene rings is 1. The molecule has 1 heterocycles. The zero-order chi connectivity index (χ0) is 19.3. The number of hydrogen-bond donors (Lipinski definition) is 1. The Morgan fingerprint density at radius 1 is 1.23 bits per heavy atom. The van der Waals surface area contributed by atoms with E-state index >= 15 is 0 Å². The Balaban J connectivity index is 2.17. The number of nitriles is 1. The molecule has 2 aromatic rings. The van der Waals surface area contributed by atoms with Crippen LogP contribution in [0, 0.1) is 24.2 Å². The van der Waals surface area contributed by atoms with Crippen LogP contribution >= 0.6 is 11.8 Å². The molecule has 0 saturated heterocycles. The molecule has 2 rings (SSSR count). The molecular formula is C20H24N4OS. The maximum Gasteiger partial charge on any atom is 0.234 e. The predicted octanol–water partition coefficient (Wildman–Crippen LogP) is 3.99. The minimum absolute atomic E-state index is 0.00792. The number of amides is 1. The van der Waals surface area contributed by atoms with Crippen LogP contribution in [0.5, 0.6) is 0 Å². The van der Waals surface area contributed by atoms with Gasteiger partial charge < -0.3 is 5.32 Å². The van der Waals surface area contributed by atoms with E-state index in [1.54, 1.807) is 13.8 Å². The Kier molecular flexibility index (Phi) is 6.38. The zero-order valence-corrected chi connectivity index (χ0v) is 16.6. The number of carbonyl (C=O) groups excluding carboxylic acids is 1. The van der Waals surface area contributed by atoms with Crippen molar-refractivity contribution >= 4 is 17.7 Å². The van der Waals surface area contributed by atoms with E-state index in [9.17, 15) is 10.1 Å². The molecule has 0 aliphatic heterocycles. The summed E-state index contributed by atoms with van der Waals surface area (Å²) < 4.78 is 0. The molecule has 0 spiro atoms. The molecule has 136 valence electrons. The quantitative estimate of drug-likeness (QED) is 0.616. The summed E-state index contributed by atoms with van der Waals surface area (Å²) in [5.41, 5.74) is 1.79. The van der Waals surface area contributed by atoms with Crippen molar-refractivity contribution in [1.82, 2.24) is 15.3 Å². The van der Waals surface area contributed by atoms with Crippen LogP contribution in [-0.4, -0.2) is 26.7 Å². The maximum absolute atomic E-state index is 12.5. The van der Waals surface area contributed by atoms with E-state index in [4.69, 9.17) is 0 Å². The first kappa shape index (κ1) is 19.9. The van der Waals surface area contributed by atoms with Crippen LogP contribution in [0.25, 0.3) is 11.3 Å². The van der Waals surface area contributed by atoms with E-state index < -0.39 is 10.8 Å². The average molecular weight is 369 g/mol. The Labute approximate surface area is 159 Å². The first-order valence-electron chi connectivity index (χ1n) is 8.56. The normalized spacial score (nSPS) is 14.3. The van der Waals surface area contributed by atoms with Crippen LogP contribution in [0.2, 0.25) is 0 Å². The van der Waals surface area contributed by atoms with Gasteiger partial charge in [0.25, 0.3) is 0 Å². The van der Waals surface area contributed by atoms with Gasteiger partial charge >= 0.3 is 0 Å². The lowest BCUT2D eigenvalue weighted by atomic mass is 9.90. The van der Waals surface area contributed by atoms with Gasteiger partial charge in [0, 0.05) is 11.3 Å². The Bertz CT molecular complexity index is 816. The summed E-state index contributed by atoms with van der Waals surface area (Å²) in [4.78, 5) is 21.6. The summed E-state index contributed by atoms with van der Waals surface area (Å²) in [7, 11) is 0. The van der Waals surface area contributed by atoms with Gasteiger partial charge in [0.2, 0.25) is 5.91 Å². The summed E-state index contributed by atoms with van der Waals surface area (Å²) in [6.07, 6.45) is 0. The molecule has 1 N–H and O–H groups in total. The van der Waals surface area contributed by atoms with Crippen LogP contribution in [-0.2, 0) is 4.79 Å². The van der Waals surface area contributed by atoms with Crippen molar-refractivity contribution in [2.24, 2.45) is 5.92 Å². The minimum atomic E-state index is -0.894. The molecule has 1 amide bonds. The molecule has 5 nitrogen and oxygen atoms in total. The van der Waals surface area contributed by atoms with E-state index in [2.05, 4.69) is 21.4 Å². The van der Waals surface area contributed by atoms with Crippen molar-refractivity contribution in [3.8, 4) is 17.3 Å². The molecule has 0 radical (unpaired) electrons. The number of carbonyl (C=O) groups is 1. The van der Waals surface area contributed by atoms with E-state index in [0.717, 1.165) is 17.0 Å². The molecular weight excluding hydrogens is 344 g/mol. The van der Waals surface area contributed by atoms with Crippen molar-refractivity contribution < 1.29 is 4.79 Å². The number of thioether (sulfide) groups is 1. The predicted molar refractivity (Wildman–Crippen MR) is 105 cm³/mol. The van der Waals surface area contributed by atoms with Crippen LogP contribution < -0.4 is 5.32 Å². The highest BCUT2D eigenvalue weighted by atomic mass is 32.2. The molecule has 26 heavy (non-hydrogen) atoms. The van der Waals surface area contributed by atoms with Gasteiger partial charge in [0.1, 0.15) is 5.54 Å². The number of nitrogens with one attached hydrogen (secondary N) is 1. The third-order valence-electron chi connectivity index (χ3n) is 4.32. The van der Waals surface area contributed by atoms with Gasteiger partial charge in [-0.1, -0.05) is 55.9 Å². The van der Waals surface area contributed by atoms with Gasteiger partial charge in [-0.25, -0.2) is 9.97 Å². The molecule has 0 saturated carbocycles. The molecule has 0 bridgehead atoms. The van der Waals surface area contributed by atoms with E-state index in [0.29, 0.717) is 5.16 Å². The second-order valence-corrected chi connectivity index (χ2v) is 8.07. The summed E-state index contributed by atoms with van der Waals surface area (Å²) in [6, 6.07) is 14.0. The van der Waals surface area contributed by atoms with Crippen molar-refractivity contribution in [3.63, 3.8) is 0 Å². The van der Waals surface area contributed by atoms with Crippen LogP contribution in [0.1, 0.15) is 33.4 Å². The number of rotatable bonds is 6. The van der Waals surface area contributed by atoms with Gasteiger partial charge in [-0.3, -0.25) is 4.79 Å². The first-order valence-corrected chi connectivity index (χ1v) is 9.44. The van der Waals surface area contributed by atoms with E-state index in [-0.39, 0.29) is 11.8 Å². The van der Waals surface area contributed by atoms with Crippen LogP contribution in [0.4, 0.5) is 0 Å². The lowest BCUT2D eigenvalue weighted by Gasteiger charge is -2.28. The Hall–Kier alpha value is -2.39. The van der Waals surface area contributed by atoms with Crippen molar-refractivity contribution in [1.29, 1.82) is 5.26 Å². The summed E-state index contributed by atoms with van der Waals surface area (Å²) in [6.45, 7) is 9.28. The number of aryl methyl sites for hydroxylation is 1. The van der Waals surface area contributed by atoms with Gasteiger partial charge in [0.15, 0.2) is 5.16 Å². The molecule has 0 fully saturated rings. The van der Waals surface area contributed by atoms with E-state index in [1.807, 2.05) is 57.2 Å². The van der Waals surface area contributed by atoms with Crippen molar-refractivity contribution in [3.05, 3.63) is 42.1 Å². The average Bonchev–Trinajstić information content (AvgIpc) is 2.61. The highest BCUT2D eigenvalue weighted by Crippen LogP contribution is 2.25. The lowest BCUT2D eigenvalue weighted by Crippen LogP contribution is -2.51. The van der Waals surface area contributed by atoms with Gasteiger partial charge in [-0.15, -0.1) is 0 Å². The summed E-state index contributed by atoms with van der Waals surface area (Å²) in [5.74, 6) is -0.187. The largest absolute Gasteiger partial charge is 0.337 e. The Morgan fingerprint density at radius 3 is 2.46 bits per heavy atom. The number of nitrogens with zero attached hydrogens (tertiary/aromatic N) is 3. The van der Waals surface area contributed by atoms with Gasteiger partial charge in [-0.05, 0) is 32.8 Å². The van der Waals surface area contributed by atoms with E-state index in [1.165, 1.54) is 11.8 Å². The lowest BCUT2D eigenvalue weighted by molar-refractivity contribution is -0.121. The van der Waals surface area contributed by atoms with Crippen molar-refractivity contribution in [2.45, 2.75) is 50.6 Å². The molecule has 1 aromatic heterocycles. The topological polar surface area (TPSA) is 78.7 Å². The SMILES string of the molecule is Cc1cc(-c2ccccc2)nc(S[C@@H](C)C(=O)N[C@](C)(C#N)C(C)C)n1. The summed E-state index contributed by atoms with van der Waals surface area (Å²) >= 11 is 1.29. The molecule has 0 aliphatic rings. The minimum Gasteiger partial charge on any atom is -0.337 e. The number of aromatic nitrogens is 2. The molecule has 6 heteroatoms. The number of hydrogen-bond acceptors (Lipinski definition) is 5. The zero-order valence-electron chi connectivity index (χ0n) is 15.8. The highest BCUT2D eigenvalue weighted by Gasteiger charge is 2.32. The molecule has 0 unspecified atom stereocenters. The molecule has 2 atom stereocenters. The maximum atomic E-state index is 12.5. The highest BCUT2D eigenvalue weighted by molar-refractivity contribution is 8.00. The van der Waals surface area contributed by atoms with Gasteiger partial charge in [-0.2, -0.15) is 5.26 Å². The smallest absolute Gasteiger partial charge is 0.234 e. The monoisotopic (exact) mass is 368 g/mol. The third-order valence-corrected chi connectivity index (χ3v) is 5.29. The standard InChI is InChI=1S/C20H24N4OS/c1-13(2)20(5,12-21)24-18(25)15(4)26-19-22-14(3)11-17(23-19)16-9-7-6-8-10-16/h6-11,13,15H,1-5H3,(H,24,25)/t15-,20+/m0/s1. The fraction of sp³-hybridized carbons (Fsp3) is 0.400. The second-order valence-electron chi connectivity index (χ2n) is 6.76.